The van der Waals surface area contributed by atoms with E-state index >= 15 is 0 Å². The number of aromatic nitrogens is 6. The quantitative estimate of drug-likeness (QED) is 0.234. The molecule has 14 nitrogen and oxygen atoms in total. The Morgan fingerprint density at radius 1 is 1.05 bits per heavy atom. The summed E-state index contributed by atoms with van der Waals surface area (Å²) in [6, 6.07) is 8.57. The first kappa shape index (κ1) is 37.8. The summed E-state index contributed by atoms with van der Waals surface area (Å²) < 4.78 is 42.6. The summed E-state index contributed by atoms with van der Waals surface area (Å²) in [6.45, 7) is 8.84. The Morgan fingerprint density at radius 3 is 2.45 bits per heavy atom. The van der Waals surface area contributed by atoms with Gasteiger partial charge >= 0.3 is 6.18 Å². The lowest BCUT2D eigenvalue weighted by molar-refractivity contribution is -0.137. The molecular weight excluding hydrogens is 741 g/mol. The highest BCUT2D eigenvalue weighted by atomic mass is 35.5. The monoisotopic (exact) mass is 778 g/mol. The molecule has 7 rings (SSSR count). The fourth-order valence-corrected chi connectivity index (χ4v) is 7.43. The molecule has 0 aliphatic carbocycles. The molecule has 2 aliphatic rings. The number of amides is 2. The number of nitrogens with one attached hydrogen (secondary N) is 1. The van der Waals surface area contributed by atoms with E-state index in [4.69, 9.17) is 16.6 Å². The SMILES string of the molecule is CCc1c(N2CCN(C(=O)c3ncnc(C)c3O)CC2)c(=O)n2nc(-c3ccc4c(c3)CN(C)C4(C)C)nc2n1CC(=O)Nc1ccc(C(F)(F)F)cc1Cl. The van der Waals surface area contributed by atoms with Crippen LogP contribution in [-0.2, 0) is 36.0 Å². The number of anilines is 2. The molecule has 1 fully saturated rings. The van der Waals surface area contributed by atoms with Gasteiger partial charge in [0.2, 0.25) is 11.7 Å². The third-order valence-electron chi connectivity index (χ3n) is 10.5. The average Bonchev–Trinajstić information content (AvgIpc) is 3.69. The number of hydrogen-bond donors (Lipinski definition) is 2. The summed E-state index contributed by atoms with van der Waals surface area (Å²) in [5.41, 5.74) is 2.19. The van der Waals surface area contributed by atoms with Gasteiger partial charge in [-0.25, -0.2) is 9.97 Å². The molecule has 2 aliphatic heterocycles. The normalized spacial score (nSPS) is 15.8. The molecule has 0 radical (unpaired) electrons. The van der Waals surface area contributed by atoms with Crippen molar-refractivity contribution in [3.05, 3.63) is 91.9 Å². The van der Waals surface area contributed by atoms with Crippen molar-refractivity contribution in [2.24, 2.45) is 0 Å². The number of aryl methyl sites for hydroxylation is 1. The van der Waals surface area contributed by atoms with E-state index in [1.807, 2.05) is 37.1 Å². The van der Waals surface area contributed by atoms with Crippen LogP contribution in [0.2, 0.25) is 5.02 Å². The van der Waals surface area contributed by atoms with E-state index in [9.17, 15) is 32.7 Å². The van der Waals surface area contributed by atoms with Crippen LogP contribution >= 0.6 is 11.6 Å². The van der Waals surface area contributed by atoms with E-state index in [0.29, 0.717) is 17.8 Å². The second-order valence-corrected chi connectivity index (χ2v) is 14.6. The van der Waals surface area contributed by atoms with Crippen molar-refractivity contribution in [2.45, 2.75) is 58.9 Å². The maximum absolute atomic E-state index is 14.4. The second-order valence-electron chi connectivity index (χ2n) is 14.2. The highest BCUT2D eigenvalue weighted by Crippen LogP contribution is 2.39. The summed E-state index contributed by atoms with van der Waals surface area (Å²) >= 11 is 6.16. The Kier molecular flexibility index (Phi) is 9.57. The van der Waals surface area contributed by atoms with Gasteiger partial charge in [-0.15, -0.1) is 5.10 Å². The number of piperazine rings is 1. The summed E-state index contributed by atoms with van der Waals surface area (Å²) in [7, 11) is 2.04. The van der Waals surface area contributed by atoms with Crippen LogP contribution in [0.25, 0.3) is 17.2 Å². The van der Waals surface area contributed by atoms with Gasteiger partial charge in [-0.1, -0.05) is 30.7 Å². The van der Waals surface area contributed by atoms with Crippen LogP contribution in [0.4, 0.5) is 24.5 Å². The number of benzene rings is 2. The summed E-state index contributed by atoms with van der Waals surface area (Å²) in [5.74, 6) is -1.05. The van der Waals surface area contributed by atoms with Gasteiger partial charge in [0.05, 0.1) is 27.7 Å². The minimum atomic E-state index is -4.62. The maximum Gasteiger partial charge on any atom is 0.416 e. The number of hydrogen-bond acceptors (Lipinski definition) is 10. The number of aromatic hydroxyl groups is 1. The number of fused-ring (bicyclic) bond motifs is 2. The van der Waals surface area contributed by atoms with Gasteiger partial charge in [0, 0.05) is 43.8 Å². The van der Waals surface area contributed by atoms with E-state index < -0.39 is 29.1 Å². The minimum Gasteiger partial charge on any atom is -0.504 e. The Labute approximate surface area is 318 Å². The Balaban J connectivity index is 1.27. The molecule has 0 saturated carbocycles. The molecule has 1 saturated heterocycles. The van der Waals surface area contributed by atoms with Gasteiger partial charge in [-0.05, 0) is 69.6 Å². The Morgan fingerprint density at radius 2 is 1.78 bits per heavy atom. The number of carbonyl (C=O) groups is 2. The van der Waals surface area contributed by atoms with E-state index in [2.05, 4.69) is 39.1 Å². The van der Waals surface area contributed by atoms with Crippen molar-refractivity contribution in [1.82, 2.24) is 38.9 Å². The molecule has 5 heterocycles. The fraction of sp³-hybridized carbons (Fsp3) is 0.378. The Hall–Kier alpha value is -5.55. The summed E-state index contributed by atoms with van der Waals surface area (Å²) in [5, 5.41) is 17.4. The predicted octanol–water partition coefficient (Wildman–Crippen LogP) is 4.88. The molecule has 2 aromatic carbocycles. The molecule has 0 spiro atoms. The van der Waals surface area contributed by atoms with Crippen LogP contribution in [0, 0.1) is 6.92 Å². The lowest BCUT2D eigenvalue weighted by atomic mass is 9.93. The van der Waals surface area contributed by atoms with Crippen molar-refractivity contribution >= 4 is 40.6 Å². The van der Waals surface area contributed by atoms with Gasteiger partial charge < -0.3 is 24.8 Å². The molecular formula is C37H38ClF3N10O4. The summed E-state index contributed by atoms with van der Waals surface area (Å²) in [4.78, 5) is 59.7. The predicted molar refractivity (Wildman–Crippen MR) is 198 cm³/mol. The van der Waals surface area contributed by atoms with Crippen molar-refractivity contribution in [3.63, 3.8) is 0 Å². The molecule has 55 heavy (non-hydrogen) atoms. The van der Waals surface area contributed by atoms with Crippen LogP contribution in [0.1, 0.15) is 59.3 Å². The van der Waals surface area contributed by atoms with Crippen LogP contribution in [0.15, 0.2) is 47.5 Å². The number of nitrogens with zero attached hydrogens (tertiary/aromatic N) is 9. The highest BCUT2D eigenvalue weighted by Gasteiger charge is 2.36. The number of halogens is 4. The third kappa shape index (κ3) is 6.75. The average molecular weight is 779 g/mol. The zero-order chi connectivity index (χ0) is 39.6. The molecule has 5 aromatic rings. The minimum absolute atomic E-state index is 0.0195. The lowest BCUT2D eigenvalue weighted by Gasteiger charge is -2.36. The zero-order valence-electron chi connectivity index (χ0n) is 30.7. The highest BCUT2D eigenvalue weighted by molar-refractivity contribution is 6.33. The van der Waals surface area contributed by atoms with E-state index in [1.165, 1.54) is 16.8 Å². The molecule has 2 N–H and O–H groups in total. The number of alkyl halides is 3. The van der Waals surface area contributed by atoms with Gasteiger partial charge in [-0.3, -0.25) is 19.3 Å². The van der Waals surface area contributed by atoms with Gasteiger partial charge in [-0.2, -0.15) is 22.7 Å². The van der Waals surface area contributed by atoms with Crippen LogP contribution < -0.4 is 15.8 Å². The smallest absolute Gasteiger partial charge is 0.416 e. The zero-order valence-corrected chi connectivity index (χ0v) is 31.5. The van der Waals surface area contributed by atoms with E-state index in [1.54, 1.807) is 11.5 Å². The first-order valence-corrected chi connectivity index (χ1v) is 18.0. The molecule has 3 aromatic heterocycles. The van der Waals surface area contributed by atoms with E-state index in [0.717, 1.165) is 28.3 Å². The number of carbonyl (C=O) groups excluding carboxylic acids is 2. The van der Waals surface area contributed by atoms with Crippen molar-refractivity contribution in [3.8, 4) is 17.1 Å². The molecule has 18 heteroatoms. The van der Waals surface area contributed by atoms with Gasteiger partial charge in [0.25, 0.3) is 11.5 Å². The maximum atomic E-state index is 14.4. The van der Waals surface area contributed by atoms with Crippen molar-refractivity contribution in [1.29, 1.82) is 0 Å². The van der Waals surface area contributed by atoms with Crippen LogP contribution in [0.3, 0.4) is 0 Å². The van der Waals surface area contributed by atoms with Crippen LogP contribution in [0.5, 0.6) is 5.75 Å². The molecule has 0 atom stereocenters. The first-order valence-electron chi connectivity index (χ1n) is 17.6. The van der Waals surface area contributed by atoms with Crippen LogP contribution in [-0.4, -0.2) is 89.1 Å². The topological polar surface area (TPSA) is 154 Å². The largest absolute Gasteiger partial charge is 0.504 e. The van der Waals surface area contributed by atoms with Crippen molar-refractivity contribution < 1.29 is 27.9 Å². The van der Waals surface area contributed by atoms with E-state index in [-0.39, 0.29) is 89.8 Å². The van der Waals surface area contributed by atoms with Gasteiger partial charge in [0.15, 0.2) is 17.3 Å². The molecule has 2 amide bonds. The van der Waals surface area contributed by atoms with Crippen molar-refractivity contribution in [2.75, 3.05) is 43.4 Å². The number of rotatable bonds is 7. The lowest BCUT2D eigenvalue weighted by Crippen LogP contribution is -2.51. The fourth-order valence-electron chi connectivity index (χ4n) is 7.20. The second kappa shape index (κ2) is 13.9. The summed E-state index contributed by atoms with van der Waals surface area (Å²) in [6.07, 6.45) is -3.13. The molecule has 288 valence electrons. The first-order chi connectivity index (χ1) is 26.0. The standard InChI is InChI=1S/C37H38ClF3N10O4/c1-6-27-30(48-11-13-49(14-12-48)33(54)29-31(53)20(2)42-19-43-29)34(55)51-35(45-32(46-51)21-7-9-24-22(15-21)17-47(5)36(24,3)4)50(27)18-28(52)44-26-10-8-23(16-25(26)38)37(39,40)41/h7-10,15-16,19,53H,6,11-14,17-18H2,1-5H3,(H,44,52). The third-order valence-corrected chi connectivity index (χ3v) is 10.8. The Bertz CT molecular complexity index is 2420. The molecule has 0 bridgehead atoms. The molecule has 0 unspecified atom stereocenters. The van der Waals surface area contributed by atoms with Gasteiger partial charge in [0.1, 0.15) is 18.6 Å².